The van der Waals surface area contributed by atoms with E-state index in [1.165, 1.54) is 16.0 Å². The third kappa shape index (κ3) is 2.70. The Morgan fingerprint density at radius 1 is 1.30 bits per heavy atom. The summed E-state index contributed by atoms with van der Waals surface area (Å²) in [5, 5.41) is 8.11. The highest BCUT2D eigenvalue weighted by Gasteiger charge is 2.23. The molecule has 3 nitrogen and oxygen atoms in total. The molecule has 2 atom stereocenters. The van der Waals surface area contributed by atoms with Crippen molar-refractivity contribution in [2.75, 3.05) is 0 Å². The molecule has 0 unspecified atom stereocenters. The number of carbonyl (C=O) groups is 1. The van der Waals surface area contributed by atoms with Gasteiger partial charge in [-0.1, -0.05) is 30.3 Å². The highest BCUT2D eigenvalue weighted by Crippen LogP contribution is 2.30. The number of urea groups is 1. The number of thiophene rings is 1. The van der Waals surface area contributed by atoms with Crippen LogP contribution in [0.2, 0.25) is 0 Å². The molecule has 1 aliphatic rings. The van der Waals surface area contributed by atoms with E-state index in [1.807, 2.05) is 30.5 Å². The summed E-state index contributed by atoms with van der Waals surface area (Å²) in [4.78, 5) is 13.3. The molecule has 0 fully saturated rings. The Morgan fingerprint density at radius 2 is 2.15 bits per heavy atom. The molecule has 0 spiro atoms. The molecule has 1 aromatic heterocycles. The van der Waals surface area contributed by atoms with Gasteiger partial charge in [-0.25, -0.2) is 4.79 Å². The first kappa shape index (κ1) is 13.2. The van der Waals surface area contributed by atoms with Gasteiger partial charge in [0.15, 0.2) is 0 Å². The Bertz CT molecular complexity index is 594. The van der Waals surface area contributed by atoms with Gasteiger partial charge in [-0.3, -0.25) is 0 Å². The van der Waals surface area contributed by atoms with Gasteiger partial charge in [0.05, 0.1) is 12.1 Å². The van der Waals surface area contributed by atoms with Gasteiger partial charge in [-0.15, -0.1) is 11.3 Å². The van der Waals surface area contributed by atoms with Gasteiger partial charge >= 0.3 is 6.03 Å². The third-order valence-corrected chi connectivity index (χ3v) is 4.81. The summed E-state index contributed by atoms with van der Waals surface area (Å²) >= 11 is 1.66. The summed E-state index contributed by atoms with van der Waals surface area (Å²) in [6.45, 7) is 2.01. The first-order chi connectivity index (χ1) is 9.74. The van der Waals surface area contributed by atoms with Crippen molar-refractivity contribution in [1.29, 1.82) is 0 Å². The monoisotopic (exact) mass is 286 g/mol. The molecule has 2 aromatic rings. The zero-order valence-corrected chi connectivity index (χ0v) is 12.2. The van der Waals surface area contributed by atoms with Crippen molar-refractivity contribution in [3.63, 3.8) is 0 Å². The molecule has 0 saturated heterocycles. The number of rotatable bonds is 3. The van der Waals surface area contributed by atoms with Crippen LogP contribution in [0, 0.1) is 0 Å². The molecule has 0 saturated carbocycles. The summed E-state index contributed by atoms with van der Waals surface area (Å²) in [7, 11) is 0. The minimum Gasteiger partial charge on any atom is -0.331 e. The van der Waals surface area contributed by atoms with Gasteiger partial charge in [0, 0.05) is 4.88 Å². The fourth-order valence-corrected chi connectivity index (χ4v) is 3.45. The number of amides is 2. The normalized spacial score (nSPS) is 18.4. The van der Waals surface area contributed by atoms with E-state index in [0.29, 0.717) is 0 Å². The lowest BCUT2D eigenvalue weighted by Crippen LogP contribution is -2.38. The Balaban J connectivity index is 1.60. The number of hydrogen-bond donors (Lipinski definition) is 2. The maximum atomic E-state index is 12.1. The second-order valence-corrected chi connectivity index (χ2v) is 6.12. The van der Waals surface area contributed by atoms with Crippen LogP contribution in [-0.4, -0.2) is 6.03 Å². The van der Waals surface area contributed by atoms with Crippen molar-refractivity contribution in [2.45, 2.75) is 31.8 Å². The molecule has 0 radical (unpaired) electrons. The van der Waals surface area contributed by atoms with E-state index >= 15 is 0 Å². The van der Waals surface area contributed by atoms with E-state index in [-0.39, 0.29) is 18.1 Å². The van der Waals surface area contributed by atoms with Gasteiger partial charge in [0.25, 0.3) is 0 Å². The maximum absolute atomic E-state index is 12.1. The molecule has 1 aromatic carbocycles. The van der Waals surface area contributed by atoms with Crippen LogP contribution in [0.15, 0.2) is 41.8 Å². The van der Waals surface area contributed by atoms with Crippen molar-refractivity contribution in [3.8, 4) is 0 Å². The topological polar surface area (TPSA) is 41.1 Å². The summed E-state index contributed by atoms with van der Waals surface area (Å²) in [6, 6.07) is 12.5. The number of hydrogen-bond acceptors (Lipinski definition) is 2. The lowest BCUT2D eigenvalue weighted by molar-refractivity contribution is 0.234. The molecule has 0 aliphatic heterocycles. The van der Waals surface area contributed by atoms with E-state index in [1.54, 1.807) is 11.3 Å². The third-order valence-electron chi connectivity index (χ3n) is 3.76. The molecule has 1 heterocycles. The minimum absolute atomic E-state index is 0.0478. The summed E-state index contributed by atoms with van der Waals surface area (Å²) in [5.41, 5.74) is 2.61. The predicted molar refractivity (Wildman–Crippen MR) is 81.9 cm³/mol. The van der Waals surface area contributed by atoms with Crippen molar-refractivity contribution in [2.24, 2.45) is 0 Å². The zero-order valence-electron chi connectivity index (χ0n) is 11.4. The summed E-state index contributed by atoms with van der Waals surface area (Å²) in [5.74, 6) is 0. The smallest absolute Gasteiger partial charge is 0.315 e. The second kappa shape index (κ2) is 5.67. The number of aryl methyl sites for hydroxylation is 1. The van der Waals surface area contributed by atoms with Crippen molar-refractivity contribution in [3.05, 3.63) is 57.8 Å². The average molecular weight is 286 g/mol. The molecule has 104 valence electrons. The number of fused-ring (bicyclic) bond motifs is 1. The van der Waals surface area contributed by atoms with Gasteiger partial charge in [0.2, 0.25) is 0 Å². The first-order valence-electron chi connectivity index (χ1n) is 6.92. The van der Waals surface area contributed by atoms with Gasteiger partial charge in [-0.2, -0.15) is 0 Å². The maximum Gasteiger partial charge on any atom is 0.315 e. The van der Waals surface area contributed by atoms with Crippen LogP contribution in [-0.2, 0) is 6.42 Å². The first-order valence-corrected chi connectivity index (χ1v) is 7.80. The van der Waals surface area contributed by atoms with Gasteiger partial charge in [-0.05, 0) is 42.3 Å². The average Bonchev–Trinajstić information content (AvgIpc) is 3.09. The van der Waals surface area contributed by atoms with Crippen LogP contribution >= 0.6 is 11.3 Å². The second-order valence-electron chi connectivity index (χ2n) is 5.14. The molecule has 2 N–H and O–H groups in total. The number of nitrogens with one attached hydrogen (secondary N) is 2. The lowest BCUT2D eigenvalue weighted by atomic mass is 10.1. The van der Waals surface area contributed by atoms with E-state index in [0.717, 1.165) is 12.8 Å². The lowest BCUT2D eigenvalue weighted by Gasteiger charge is -2.17. The molecule has 0 bridgehead atoms. The summed E-state index contributed by atoms with van der Waals surface area (Å²) in [6.07, 6.45) is 2.03. The standard InChI is InChI=1S/C16H18N2OS/c1-11(15-7-4-10-20-15)17-16(19)18-14-9-8-12-5-2-3-6-13(12)14/h2-7,10-11,14H,8-9H2,1H3,(H2,17,18,19)/t11-,14+/m1/s1. The molecule has 1 aliphatic carbocycles. The van der Waals surface area contributed by atoms with E-state index in [9.17, 15) is 4.79 Å². The minimum atomic E-state index is -0.0902. The van der Waals surface area contributed by atoms with Crippen LogP contribution in [0.5, 0.6) is 0 Å². The zero-order chi connectivity index (χ0) is 13.9. The van der Waals surface area contributed by atoms with Crippen molar-refractivity contribution < 1.29 is 4.79 Å². The van der Waals surface area contributed by atoms with Gasteiger partial charge < -0.3 is 10.6 Å². The molecule has 20 heavy (non-hydrogen) atoms. The highest BCUT2D eigenvalue weighted by molar-refractivity contribution is 7.10. The van der Waals surface area contributed by atoms with Crippen LogP contribution in [0.1, 0.15) is 41.4 Å². The quantitative estimate of drug-likeness (QED) is 0.885. The fraction of sp³-hybridized carbons (Fsp3) is 0.312. The fourth-order valence-electron chi connectivity index (χ4n) is 2.71. The van der Waals surface area contributed by atoms with Crippen LogP contribution in [0.25, 0.3) is 0 Å². The van der Waals surface area contributed by atoms with Crippen molar-refractivity contribution in [1.82, 2.24) is 10.6 Å². The van der Waals surface area contributed by atoms with Crippen LogP contribution in [0.3, 0.4) is 0 Å². The molecule has 4 heteroatoms. The SMILES string of the molecule is C[C@@H](NC(=O)N[C@H]1CCc2ccccc21)c1cccs1. The molecular formula is C16H18N2OS. The molecule has 2 amide bonds. The van der Waals surface area contributed by atoms with Crippen LogP contribution < -0.4 is 10.6 Å². The van der Waals surface area contributed by atoms with Crippen molar-refractivity contribution >= 4 is 17.4 Å². The summed E-state index contributed by atoms with van der Waals surface area (Å²) < 4.78 is 0. The number of benzene rings is 1. The van der Waals surface area contributed by atoms with Gasteiger partial charge in [0.1, 0.15) is 0 Å². The highest BCUT2D eigenvalue weighted by atomic mass is 32.1. The van der Waals surface area contributed by atoms with Crippen LogP contribution in [0.4, 0.5) is 4.79 Å². The Kier molecular flexibility index (Phi) is 3.74. The van der Waals surface area contributed by atoms with E-state index in [4.69, 9.17) is 0 Å². The Morgan fingerprint density at radius 3 is 2.95 bits per heavy atom. The van der Waals surface area contributed by atoms with E-state index < -0.39 is 0 Å². The molecule has 3 rings (SSSR count). The Labute approximate surface area is 123 Å². The largest absolute Gasteiger partial charge is 0.331 e. The Hall–Kier alpha value is -1.81. The molecular weight excluding hydrogens is 268 g/mol. The number of carbonyl (C=O) groups excluding carboxylic acids is 1. The van der Waals surface area contributed by atoms with E-state index in [2.05, 4.69) is 28.8 Å². The predicted octanol–water partition coefficient (Wildman–Crippen LogP) is 3.80.